The van der Waals surface area contributed by atoms with Crippen LogP contribution >= 0.6 is 11.6 Å². The molecule has 0 spiro atoms. The molecular formula is C20H18ClF3N4O. The summed E-state index contributed by atoms with van der Waals surface area (Å²) in [6.07, 6.45) is -0.0882. The summed E-state index contributed by atoms with van der Waals surface area (Å²) in [5.74, 6) is 0.0539. The average Bonchev–Trinajstić information content (AvgIpc) is 3.17. The highest BCUT2D eigenvalue weighted by Gasteiger charge is 2.31. The van der Waals surface area contributed by atoms with Crippen molar-refractivity contribution in [2.75, 3.05) is 18.4 Å². The summed E-state index contributed by atoms with van der Waals surface area (Å²) in [4.78, 5) is 10.2. The van der Waals surface area contributed by atoms with Crippen molar-refractivity contribution in [3.8, 4) is 5.75 Å². The highest BCUT2D eigenvalue weighted by Crippen LogP contribution is 2.37. The Labute approximate surface area is 170 Å². The molecule has 29 heavy (non-hydrogen) atoms. The second kappa shape index (κ2) is 7.68. The van der Waals surface area contributed by atoms with Crippen LogP contribution in [0.2, 0.25) is 5.02 Å². The lowest BCUT2D eigenvalue weighted by Crippen LogP contribution is -2.18. The first-order valence-electron chi connectivity index (χ1n) is 9.14. The number of nitrogens with zero attached hydrogens (tertiary/aromatic N) is 3. The van der Waals surface area contributed by atoms with Crippen LogP contribution in [0.1, 0.15) is 24.0 Å². The molecule has 152 valence electrons. The number of likely N-dealkylation sites (tertiary alicyclic amines) is 1. The predicted molar refractivity (Wildman–Crippen MR) is 105 cm³/mol. The van der Waals surface area contributed by atoms with Gasteiger partial charge in [-0.2, -0.15) is 13.2 Å². The molecule has 1 saturated heterocycles. The van der Waals surface area contributed by atoms with Crippen molar-refractivity contribution in [3.63, 3.8) is 0 Å². The van der Waals surface area contributed by atoms with E-state index in [0.717, 1.165) is 38.2 Å². The zero-order valence-corrected chi connectivity index (χ0v) is 16.1. The van der Waals surface area contributed by atoms with E-state index in [1.54, 1.807) is 18.2 Å². The van der Waals surface area contributed by atoms with Gasteiger partial charge in [0.05, 0.1) is 22.5 Å². The summed E-state index contributed by atoms with van der Waals surface area (Å²) >= 11 is 6.24. The molecule has 2 aromatic heterocycles. The average molecular weight is 423 g/mol. The van der Waals surface area contributed by atoms with E-state index in [0.29, 0.717) is 28.5 Å². The Morgan fingerprint density at radius 2 is 1.86 bits per heavy atom. The maximum Gasteiger partial charge on any atom is 0.417 e. The smallest absolute Gasteiger partial charge is 0.417 e. The van der Waals surface area contributed by atoms with Crippen molar-refractivity contribution in [2.24, 2.45) is 0 Å². The first-order valence-corrected chi connectivity index (χ1v) is 9.52. The normalized spacial score (nSPS) is 15.2. The predicted octanol–water partition coefficient (Wildman–Crippen LogP) is 5.35. The van der Waals surface area contributed by atoms with Crippen LogP contribution < -0.4 is 5.32 Å². The van der Waals surface area contributed by atoms with E-state index in [-0.39, 0.29) is 16.8 Å². The van der Waals surface area contributed by atoms with Gasteiger partial charge in [0, 0.05) is 29.5 Å². The minimum absolute atomic E-state index is 0.0539. The zero-order valence-electron chi connectivity index (χ0n) is 15.3. The number of alkyl halides is 3. The van der Waals surface area contributed by atoms with Crippen molar-refractivity contribution in [2.45, 2.75) is 25.6 Å². The first-order chi connectivity index (χ1) is 13.8. The second-order valence-corrected chi connectivity index (χ2v) is 7.45. The van der Waals surface area contributed by atoms with Gasteiger partial charge < -0.3 is 10.4 Å². The number of aromatic nitrogens is 2. The topological polar surface area (TPSA) is 61.3 Å². The number of hydrogen-bond donors (Lipinski definition) is 2. The van der Waals surface area contributed by atoms with Gasteiger partial charge in [-0.1, -0.05) is 11.6 Å². The molecule has 0 radical (unpaired) electrons. The first kappa shape index (κ1) is 19.7. The monoisotopic (exact) mass is 422 g/mol. The van der Waals surface area contributed by atoms with Gasteiger partial charge in [-0.05, 0) is 50.2 Å². The van der Waals surface area contributed by atoms with Gasteiger partial charge in [-0.15, -0.1) is 0 Å². The Kier molecular flexibility index (Phi) is 5.23. The molecule has 0 atom stereocenters. The lowest BCUT2D eigenvalue weighted by atomic mass is 10.1. The molecule has 4 rings (SSSR count). The number of anilines is 2. The molecule has 0 saturated carbocycles. The van der Waals surface area contributed by atoms with Crippen LogP contribution in [0.3, 0.4) is 0 Å². The van der Waals surface area contributed by atoms with E-state index >= 15 is 0 Å². The lowest BCUT2D eigenvalue weighted by molar-refractivity contribution is -0.137. The summed E-state index contributed by atoms with van der Waals surface area (Å²) in [7, 11) is 0. The number of hydrogen-bond acceptors (Lipinski definition) is 5. The van der Waals surface area contributed by atoms with Gasteiger partial charge in [0.2, 0.25) is 0 Å². The summed E-state index contributed by atoms with van der Waals surface area (Å²) < 4.78 is 38.8. The summed E-state index contributed by atoms with van der Waals surface area (Å²) in [6.45, 7) is 2.51. The van der Waals surface area contributed by atoms with Gasteiger partial charge >= 0.3 is 6.18 Å². The molecule has 5 nitrogen and oxygen atoms in total. The molecule has 2 N–H and O–H groups in total. The fourth-order valence-electron chi connectivity index (χ4n) is 3.48. The van der Waals surface area contributed by atoms with E-state index in [2.05, 4.69) is 20.2 Å². The third-order valence-corrected chi connectivity index (χ3v) is 5.14. The number of fused-ring (bicyclic) bond motifs is 1. The van der Waals surface area contributed by atoms with Gasteiger partial charge in [0.25, 0.3) is 0 Å². The molecule has 0 unspecified atom stereocenters. The van der Waals surface area contributed by atoms with Crippen LogP contribution in [0, 0.1) is 0 Å². The SMILES string of the molecule is Oc1c(CN2CCCC2)cc(Cl)cc1Nc1ccnc2cc(C(F)(F)F)cnc12. The molecule has 1 aromatic carbocycles. The molecule has 0 bridgehead atoms. The Bertz CT molecular complexity index is 1050. The molecule has 3 heterocycles. The number of pyridine rings is 2. The third kappa shape index (κ3) is 4.23. The van der Waals surface area contributed by atoms with Crippen LogP contribution in [0.25, 0.3) is 11.0 Å². The zero-order chi connectivity index (χ0) is 20.6. The molecule has 0 amide bonds. The maximum atomic E-state index is 12.9. The summed E-state index contributed by atoms with van der Waals surface area (Å²) in [6, 6.07) is 5.83. The molecule has 1 aliphatic rings. The molecule has 1 fully saturated rings. The fraction of sp³-hybridized carbons (Fsp3) is 0.300. The number of halogens is 4. The van der Waals surface area contributed by atoms with Gasteiger partial charge in [-0.3, -0.25) is 14.9 Å². The molecule has 1 aliphatic heterocycles. The number of phenols is 1. The third-order valence-electron chi connectivity index (χ3n) is 4.92. The second-order valence-electron chi connectivity index (χ2n) is 7.02. The van der Waals surface area contributed by atoms with Gasteiger partial charge in [0.1, 0.15) is 11.3 Å². The van der Waals surface area contributed by atoms with Gasteiger partial charge in [0.15, 0.2) is 0 Å². The minimum Gasteiger partial charge on any atom is -0.505 e. The van der Waals surface area contributed by atoms with Crippen molar-refractivity contribution >= 4 is 34.0 Å². The number of benzene rings is 1. The van der Waals surface area contributed by atoms with Gasteiger partial charge in [-0.25, -0.2) is 0 Å². The Morgan fingerprint density at radius 3 is 2.59 bits per heavy atom. The Morgan fingerprint density at radius 1 is 1.10 bits per heavy atom. The standard InChI is InChI=1S/C20H18ClF3N4O/c21-14-7-12(11-28-5-1-2-6-28)19(29)17(9-14)27-15-3-4-25-16-8-13(20(22,23)24)10-26-18(15)16/h3-4,7-10,29H,1-2,5-6,11H2,(H,25,27). The molecule has 9 heteroatoms. The van der Waals surface area contributed by atoms with E-state index in [1.165, 1.54) is 6.20 Å². The van der Waals surface area contributed by atoms with E-state index < -0.39 is 11.7 Å². The maximum absolute atomic E-state index is 12.9. The van der Waals surface area contributed by atoms with Crippen LogP contribution in [0.5, 0.6) is 5.75 Å². The van der Waals surface area contributed by atoms with Crippen molar-refractivity contribution in [1.82, 2.24) is 14.9 Å². The number of nitrogens with one attached hydrogen (secondary N) is 1. The summed E-state index contributed by atoms with van der Waals surface area (Å²) in [5.41, 5.74) is 0.972. The number of phenolic OH excluding ortho intramolecular Hbond substituents is 1. The highest BCUT2D eigenvalue weighted by molar-refractivity contribution is 6.31. The van der Waals surface area contributed by atoms with E-state index in [1.807, 2.05) is 0 Å². The minimum atomic E-state index is -4.50. The van der Waals surface area contributed by atoms with Crippen LogP contribution in [-0.2, 0) is 12.7 Å². The number of aromatic hydroxyl groups is 1. The summed E-state index contributed by atoms with van der Waals surface area (Å²) in [5, 5.41) is 14.2. The van der Waals surface area contributed by atoms with Crippen LogP contribution in [0.15, 0.2) is 36.7 Å². The molecular weight excluding hydrogens is 405 g/mol. The quantitative estimate of drug-likeness (QED) is 0.555. The van der Waals surface area contributed by atoms with Crippen molar-refractivity contribution in [1.29, 1.82) is 0 Å². The van der Waals surface area contributed by atoms with Crippen LogP contribution in [0.4, 0.5) is 24.5 Å². The highest BCUT2D eigenvalue weighted by atomic mass is 35.5. The van der Waals surface area contributed by atoms with E-state index in [4.69, 9.17) is 11.6 Å². The molecule has 0 aliphatic carbocycles. The molecule has 3 aromatic rings. The largest absolute Gasteiger partial charge is 0.505 e. The fourth-order valence-corrected chi connectivity index (χ4v) is 3.73. The van der Waals surface area contributed by atoms with E-state index in [9.17, 15) is 18.3 Å². The van der Waals surface area contributed by atoms with Crippen molar-refractivity contribution < 1.29 is 18.3 Å². The lowest BCUT2D eigenvalue weighted by Gasteiger charge is -2.18. The van der Waals surface area contributed by atoms with Crippen LogP contribution in [-0.4, -0.2) is 33.1 Å². The number of rotatable bonds is 4. The Balaban J connectivity index is 1.68. The Hall–Kier alpha value is -2.58. The van der Waals surface area contributed by atoms with Crippen molar-refractivity contribution in [3.05, 3.63) is 52.8 Å².